The summed E-state index contributed by atoms with van der Waals surface area (Å²) in [6.45, 7) is 2.22. The molecular weight excluding hydrogens is 266 g/mol. The highest BCUT2D eigenvalue weighted by atomic mass is 16.2. The molecule has 0 bridgehead atoms. The van der Waals surface area contributed by atoms with E-state index in [0.717, 1.165) is 11.4 Å². The van der Waals surface area contributed by atoms with Gasteiger partial charge in [0, 0.05) is 19.1 Å². The maximum atomic E-state index is 12.6. The van der Waals surface area contributed by atoms with Crippen LogP contribution in [0.3, 0.4) is 0 Å². The number of carbonyl (C=O) groups is 2. The first-order valence-electron chi connectivity index (χ1n) is 6.79. The average Bonchev–Trinajstić information content (AvgIpc) is 2.48. The molecule has 0 atom stereocenters. The quantitative estimate of drug-likeness (QED) is 0.843. The van der Waals surface area contributed by atoms with Crippen LogP contribution in [0.2, 0.25) is 0 Å². The number of aromatic nitrogens is 1. The molecule has 0 aliphatic carbocycles. The zero-order chi connectivity index (χ0) is 14.8. The number of hydrogen-bond acceptors (Lipinski definition) is 2. The van der Waals surface area contributed by atoms with Crippen molar-refractivity contribution in [3.8, 4) is 0 Å². The Hall–Kier alpha value is -2.69. The Morgan fingerprint density at radius 1 is 1.24 bits per heavy atom. The van der Waals surface area contributed by atoms with Gasteiger partial charge in [0.25, 0.3) is 5.91 Å². The predicted octanol–water partition coefficient (Wildman–Crippen LogP) is 1.27. The fourth-order valence-corrected chi connectivity index (χ4v) is 2.43. The molecular formula is C16H16N3O2+. The summed E-state index contributed by atoms with van der Waals surface area (Å²) >= 11 is 0. The number of aryl methyl sites for hydroxylation is 1. The lowest BCUT2D eigenvalue weighted by atomic mass is 10.2. The van der Waals surface area contributed by atoms with Crippen molar-refractivity contribution in [1.29, 1.82) is 0 Å². The van der Waals surface area contributed by atoms with E-state index in [1.54, 1.807) is 6.07 Å². The zero-order valence-electron chi connectivity index (χ0n) is 11.7. The van der Waals surface area contributed by atoms with Crippen LogP contribution in [0.15, 0.2) is 48.7 Å². The summed E-state index contributed by atoms with van der Waals surface area (Å²) in [7, 11) is 0. The van der Waals surface area contributed by atoms with Crippen molar-refractivity contribution >= 4 is 23.2 Å². The van der Waals surface area contributed by atoms with Crippen molar-refractivity contribution in [2.45, 2.75) is 13.5 Å². The standard InChI is InChI=1S/C16H15N3O2/c1-12-6-4-5-9-18(12)11-16(21)19-10-15(20)17-13-7-2-3-8-14(13)19/h2-9H,10-11H2,1H3/p+1. The van der Waals surface area contributed by atoms with Crippen LogP contribution >= 0.6 is 0 Å². The van der Waals surface area contributed by atoms with E-state index in [2.05, 4.69) is 5.32 Å². The molecule has 5 nitrogen and oxygen atoms in total. The molecule has 2 heterocycles. The molecule has 0 spiro atoms. The SMILES string of the molecule is Cc1cccc[n+]1CC(=O)N1CC(=O)Nc2ccccc21. The van der Waals surface area contributed by atoms with Crippen LogP contribution in [0, 0.1) is 6.92 Å². The predicted molar refractivity (Wildman–Crippen MR) is 78.8 cm³/mol. The lowest BCUT2D eigenvalue weighted by Crippen LogP contribution is -2.50. The molecule has 3 rings (SSSR count). The number of rotatable bonds is 2. The zero-order valence-corrected chi connectivity index (χ0v) is 11.7. The van der Waals surface area contributed by atoms with Gasteiger partial charge in [-0.3, -0.25) is 14.5 Å². The van der Waals surface area contributed by atoms with Gasteiger partial charge in [0.1, 0.15) is 6.54 Å². The lowest BCUT2D eigenvalue weighted by molar-refractivity contribution is -0.690. The molecule has 2 aromatic rings. The summed E-state index contributed by atoms with van der Waals surface area (Å²) in [5, 5.41) is 2.78. The fourth-order valence-electron chi connectivity index (χ4n) is 2.43. The number of carbonyl (C=O) groups excluding carboxylic acids is 2. The third-order valence-electron chi connectivity index (χ3n) is 3.54. The third kappa shape index (κ3) is 2.63. The van der Waals surface area contributed by atoms with Crippen molar-refractivity contribution < 1.29 is 14.2 Å². The number of para-hydroxylation sites is 2. The summed E-state index contributed by atoms with van der Waals surface area (Å²) in [6, 6.07) is 13.1. The Morgan fingerprint density at radius 3 is 2.81 bits per heavy atom. The van der Waals surface area contributed by atoms with Gasteiger partial charge in [0.05, 0.1) is 11.4 Å². The number of pyridine rings is 1. The van der Waals surface area contributed by atoms with Gasteiger partial charge in [-0.1, -0.05) is 18.2 Å². The van der Waals surface area contributed by atoms with Gasteiger partial charge in [0.15, 0.2) is 11.9 Å². The van der Waals surface area contributed by atoms with Crippen LogP contribution < -0.4 is 14.8 Å². The van der Waals surface area contributed by atoms with Crippen LogP contribution in [-0.4, -0.2) is 18.4 Å². The van der Waals surface area contributed by atoms with E-state index in [9.17, 15) is 9.59 Å². The van der Waals surface area contributed by atoms with Gasteiger partial charge in [-0.15, -0.1) is 0 Å². The second-order valence-corrected chi connectivity index (χ2v) is 5.02. The first-order valence-corrected chi connectivity index (χ1v) is 6.79. The van der Waals surface area contributed by atoms with E-state index in [1.165, 1.54) is 4.90 Å². The highest BCUT2D eigenvalue weighted by Gasteiger charge is 2.28. The second kappa shape index (κ2) is 5.36. The molecule has 2 amide bonds. The van der Waals surface area contributed by atoms with Gasteiger partial charge in [-0.05, 0) is 12.1 Å². The fraction of sp³-hybridized carbons (Fsp3) is 0.188. The van der Waals surface area contributed by atoms with Crippen molar-refractivity contribution in [2.75, 3.05) is 16.8 Å². The minimum Gasteiger partial charge on any atom is -0.323 e. The summed E-state index contributed by atoms with van der Waals surface area (Å²) in [5.74, 6) is -0.270. The van der Waals surface area contributed by atoms with Crippen molar-refractivity contribution in [1.82, 2.24) is 0 Å². The molecule has 0 fully saturated rings. The Morgan fingerprint density at radius 2 is 2.00 bits per heavy atom. The molecule has 5 heteroatoms. The normalized spacial score (nSPS) is 13.6. The third-order valence-corrected chi connectivity index (χ3v) is 3.54. The Kier molecular flexibility index (Phi) is 3.39. The summed E-state index contributed by atoms with van der Waals surface area (Å²) in [5.41, 5.74) is 2.42. The van der Waals surface area contributed by atoms with Crippen LogP contribution in [-0.2, 0) is 16.1 Å². The molecule has 0 saturated carbocycles. The first-order chi connectivity index (χ1) is 10.1. The smallest absolute Gasteiger partial charge is 0.293 e. The average molecular weight is 282 g/mol. The number of anilines is 2. The van der Waals surface area contributed by atoms with E-state index < -0.39 is 0 Å². The van der Waals surface area contributed by atoms with E-state index in [0.29, 0.717) is 5.69 Å². The maximum Gasteiger partial charge on any atom is 0.293 e. The number of amides is 2. The van der Waals surface area contributed by atoms with E-state index in [4.69, 9.17) is 0 Å². The van der Waals surface area contributed by atoms with E-state index in [-0.39, 0.29) is 24.9 Å². The summed E-state index contributed by atoms with van der Waals surface area (Å²) in [6.07, 6.45) is 1.86. The van der Waals surface area contributed by atoms with Crippen LogP contribution in [0.25, 0.3) is 0 Å². The molecule has 1 aromatic heterocycles. The molecule has 1 aliphatic heterocycles. The van der Waals surface area contributed by atoms with Crippen molar-refractivity contribution in [3.63, 3.8) is 0 Å². The lowest BCUT2D eigenvalue weighted by Gasteiger charge is -2.28. The second-order valence-electron chi connectivity index (χ2n) is 5.02. The summed E-state index contributed by atoms with van der Waals surface area (Å²) in [4.78, 5) is 25.8. The molecule has 1 N–H and O–H groups in total. The monoisotopic (exact) mass is 282 g/mol. The van der Waals surface area contributed by atoms with Crippen molar-refractivity contribution in [2.24, 2.45) is 0 Å². The van der Waals surface area contributed by atoms with Gasteiger partial charge in [0.2, 0.25) is 12.5 Å². The van der Waals surface area contributed by atoms with Gasteiger partial charge in [-0.2, -0.15) is 4.57 Å². The molecule has 1 aliphatic rings. The molecule has 1 aromatic carbocycles. The highest BCUT2D eigenvalue weighted by molar-refractivity contribution is 6.09. The van der Waals surface area contributed by atoms with Crippen LogP contribution in [0.4, 0.5) is 11.4 Å². The molecule has 106 valence electrons. The highest BCUT2D eigenvalue weighted by Crippen LogP contribution is 2.28. The topological polar surface area (TPSA) is 53.3 Å². The Bertz CT molecular complexity index is 712. The molecule has 0 radical (unpaired) electrons. The number of hydrogen-bond donors (Lipinski definition) is 1. The van der Waals surface area contributed by atoms with Crippen molar-refractivity contribution in [3.05, 3.63) is 54.4 Å². The van der Waals surface area contributed by atoms with Crippen LogP contribution in [0.1, 0.15) is 5.69 Å². The largest absolute Gasteiger partial charge is 0.323 e. The first kappa shape index (κ1) is 13.3. The number of benzene rings is 1. The maximum absolute atomic E-state index is 12.6. The Balaban J connectivity index is 1.88. The Labute approximate surface area is 122 Å². The number of fused-ring (bicyclic) bond motifs is 1. The number of nitrogens with zero attached hydrogens (tertiary/aromatic N) is 2. The number of nitrogens with one attached hydrogen (secondary N) is 1. The van der Waals surface area contributed by atoms with Gasteiger partial charge < -0.3 is 5.32 Å². The minimum absolute atomic E-state index is 0.0578. The van der Waals surface area contributed by atoms with Crippen LogP contribution in [0.5, 0.6) is 0 Å². The molecule has 21 heavy (non-hydrogen) atoms. The van der Waals surface area contributed by atoms with Gasteiger partial charge >= 0.3 is 0 Å². The van der Waals surface area contributed by atoms with E-state index in [1.807, 2.05) is 54.1 Å². The minimum atomic E-state index is -0.170. The summed E-state index contributed by atoms with van der Waals surface area (Å²) < 4.78 is 1.87. The molecule has 0 unspecified atom stereocenters. The van der Waals surface area contributed by atoms with E-state index >= 15 is 0 Å². The van der Waals surface area contributed by atoms with Gasteiger partial charge in [-0.25, -0.2) is 0 Å². The molecule has 0 saturated heterocycles.